The van der Waals surface area contributed by atoms with E-state index in [9.17, 15) is 13.2 Å². The van der Waals surface area contributed by atoms with Gasteiger partial charge in [0.05, 0.1) is 25.2 Å². The number of rotatable bonds is 5. The SMILES string of the molecule is COc1ccc(COCC(=O)N2C[C@@H]3CS(=O)(=O)C[C@@H]3C2)cc1. The number of benzene rings is 1. The van der Waals surface area contributed by atoms with E-state index in [0.29, 0.717) is 19.7 Å². The topological polar surface area (TPSA) is 72.9 Å². The van der Waals surface area contributed by atoms with E-state index in [0.717, 1.165) is 11.3 Å². The number of ether oxygens (including phenoxy) is 2. The highest BCUT2D eigenvalue weighted by molar-refractivity contribution is 7.91. The number of methoxy groups -OCH3 is 1. The summed E-state index contributed by atoms with van der Waals surface area (Å²) in [5.41, 5.74) is 0.975. The second kappa shape index (κ2) is 6.49. The largest absolute Gasteiger partial charge is 0.497 e. The first-order chi connectivity index (χ1) is 11.0. The van der Waals surface area contributed by atoms with Crippen LogP contribution in [0.5, 0.6) is 5.75 Å². The van der Waals surface area contributed by atoms with E-state index in [2.05, 4.69) is 0 Å². The van der Waals surface area contributed by atoms with Crippen LogP contribution < -0.4 is 4.74 Å². The van der Waals surface area contributed by atoms with Crippen LogP contribution in [-0.4, -0.2) is 57.5 Å². The quantitative estimate of drug-likeness (QED) is 0.790. The molecular weight excluding hydrogens is 318 g/mol. The molecule has 2 saturated heterocycles. The highest BCUT2D eigenvalue weighted by atomic mass is 32.2. The zero-order chi connectivity index (χ0) is 16.4. The summed E-state index contributed by atoms with van der Waals surface area (Å²) in [4.78, 5) is 13.9. The third-order valence-electron chi connectivity index (χ3n) is 4.52. The fraction of sp³-hybridized carbons (Fsp3) is 0.562. The van der Waals surface area contributed by atoms with Crippen LogP contribution in [0.2, 0.25) is 0 Å². The molecule has 126 valence electrons. The number of nitrogens with zero attached hydrogens (tertiary/aromatic N) is 1. The van der Waals surface area contributed by atoms with Gasteiger partial charge in [-0.05, 0) is 29.5 Å². The molecule has 2 atom stereocenters. The van der Waals surface area contributed by atoms with Gasteiger partial charge in [-0.25, -0.2) is 8.42 Å². The van der Waals surface area contributed by atoms with Crippen molar-refractivity contribution in [3.63, 3.8) is 0 Å². The number of carbonyl (C=O) groups excluding carboxylic acids is 1. The summed E-state index contributed by atoms with van der Waals surface area (Å²) < 4.78 is 33.7. The zero-order valence-electron chi connectivity index (χ0n) is 13.1. The standard InChI is InChI=1S/C16H21NO5S/c1-21-15-4-2-12(3-5-15)8-22-9-16(18)17-6-13-10-23(19,20)11-14(13)7-17/h2-5,13-14H,6-11H2,1H3/t13-,14+. The number of hydrogen-bond acceptors (Lipinski definition) is 5. The third kappa shape index (κ3) is 3.84. The van der Waals surface area contributed by atoms with Crippen molar-refractivity contribution < 1.29 is 22.7 Å². The Kier molecular flexibility index (Phi) is 4.59. The molecule has 1 aromatic rings. The Morgan fingerprint density at radius 1 is 1.17 bits per heavy atom. The average molecular weight is 339 g/mol. The van der Waals surface area contributed by atoms with Crippen molar-refractivity contribution in [2.24, 2.45) is 11.8 Å². The van der Waals surface area contributed by atoms with Gasteiger partial charge >= 0.3 is 0 Å². The predicted octanol–water partition coefficient (Wildman–Crippen LogP) is 0.715. The number of fused-ring (bicyclic) bond motifs is 1. The molecule has 3 rings (SSSR count). The fourth-order valence-electron chi connectivity index (χ4n) is 3.31. The number of likely N-dealkylation sites (tertiary alicyclic amines) is 1. The van der Waals surface area contributed by atoms with Crippen LogP contribution in [0.15, 0.2) is 24.3 Å². The molecule has 1 aromatic carbocycles. The van der Waals surface area contributed by atoms with Crippen molar-refractivity contribution >= 4 is 15.7 Å². The molecule has 2 fully saturated rings. The van der Waals surface area contributed by atoms with E-state index in [4.69, 9.17) is 9.47 Å². The Balaban J connectivity index is 1.44. The Hall–Kier alpha value is -1.60. The molecule has 0 radical (unpaired) electrons. The highest BCUT2D eigenvalue weighted by Gasteiger charge is 2.44. The minimum atomic E-state index is -2.89. The Morgan fingerprint density at radius 3 is 2.35 bits per heavy atom. The lowest BCUT2D eigenvalue weighted by atomic mass is 10.0. The van der Waals surface area contributed by atoms with E-state index in [1.165, 1.54) is 0 Å². The van der Waals surface area contributed by atoms with Crippen molar-refractivity contribution in [3.8, 4) is 5.75 Å². The normalized spacial score (nSPS) is 25.3. The summed E-state index contributed by atoms with van der Waals surface area (Å²) in [7, 11) is -1.28. The summed E-state index contributed by atoms with van der Waals surface area (Å²) in [6.45, 7) is 1.46. The number of hydrogen-bond donors (Lipinski definition) is 0. The molecule has 1 amide bonds. The van der Waals surface area contributed by atoms with Crippen molar-refractivity contribution in [2.45, 2.75) is 6.61 Å². The fourth-order valence-corrected chi connectivity index (χ4v) is 5.51. The summed E-state index contributed by atoms with van der Waals surface area (Å²) in [6.07, 6.45) is 0. The van der Waals surface area contributed by atoms with Gasteiger partial charge in [-0.1, -0.05) is 12.1 Å². The highest BCUT2D eigenvalue weighted by Crippen LogP contribution is 2.32. The van der Waals surface area contributed by atoms with Crippen LogP contribution in [-0.2, 0) is 26.0 Å². The van der Waals surface area contributed by atoms with Crippen molar-refractivity contribution in [1.29, 1.82) is 0 Å². The maximum Gasteiger partial charge on any atom is 0.248 e. The minimum absolute atomic E-state index is 0.0260. The number of sulfone groups is 1. The maximum atomic E-state index is 12.2. The van der Waals surface area contributed by atoms with Crippen LogP contribution >= 0.6 is 0 Å². The average Bonchev–Trinajstić information content (AvgIpc) is 3.01. The summed E-state index contributed by atoms with van der Waals surface area (Å²) >= 11 is 0. The second-order valence-corrected chi connectivity index (χ2v) is 8.39. The Labute approximate surface area is 136 Å². The van der Waals surface area contributed by atoms with Crippen molar-refractivity contribution in [2.75, 3.05) is 38.3 Å². The lowest BCUT2D eigenvalue weighted by molar-refractivity contribution is -0.135. The second-order valence-electron chi connectivity index (χ2n) is 6.24. The summed E-state index contributed by atoms with van der Waals surface area (Å²) in [5.74, 6) is 1.35. The Bertz CT molecular complexity index is 650. The van der Waals surface area contributed by atoms with E-state index in [1.807, 2.05) is 24.3 Å². The lowest BCUT2D eigenvalue weighted by Crippen LogP contribution is -2.33. The first kappa shape index (κ1) is 16.3. The molecule has 0 saturated carbocycles. The van der Waals surface area contributed by atoms with Gasteiger partial charge in [0.15, 0.2) is 9.84 Å². The van der Waals surface area contributed by atoms with Gasteiger partial charge in [0.1, 0.15) is 12.4 Å². The minimum Gasteiger partial charge on any atom is -0.497 e. The lowest BCUT2D eigenvalue weighted by Gasteiger charge is -2.17. The molecule has 0 aliphatic carbocycles. The molecule has 0 spiro atoms. The van der Waals surface area contributed by atoms with Gasteiger partial charge in [0, 0.05) is 13.1 Å². The molecule has 2 aliphatic rings. The molecule has 0 N–H and O–H groups in total. The smallest absolute Gasteiger partial charge is 0.248 e. The predicted molar refractivity (Wildman–Crippen MR) is 84.9 cm³/mol. The van der Waals surface area contributed by atoms with Gasteiger partial charge in [0.2, 0.25) is 5.91 Å². The number of carbonyl (C=O) groups is 1. The molecule has 0 bridgehead atoms. The first-order valence-electron chi connectivity index (χ1n) is 7.66. The molecule has 0 aromatic heterocycles. The molecule has 23 heavy (non-hydrogen) atoms. The molecule has 2 aliphatic heterocycles. The van der Waals surface area contributed by atoms with E-state index >= 15 is 0 Å². The van der Waals surface area contributed by atoms with E-state index < -0.39 is 9.84 Å². The van der Waals surface area contributed by atoms with E-state index in [-0.39, 0.29) is 35.9 Å². The Morgan fingerprint density at radius 2 is 1.78 bits per heavy atom. The van der Waals surface area contributed by atoms with Crippen LogP contribution in [0.4, 0.5) is 0 Å². The molecular formula is C16H21NO5S. The summed E-state index contributed by atoms with van der Waals surface area (Å²) in [5, 5.41) is 0. The zero-order valence-corrected chi connectivity index (χ0v) is 13.9. The van der Waals surface area contributed by atoms with Crippen LogP contribution in [0.3, 0.4) is 0 Å². The molecule has 6 nitrogen and oxygen atoms in total. The van der Waals surface area contributed by atoms with Gasteiger partial charge < -0.3 is 14.4 Å². The molecule has 0 unspecified atom stereocenters. The maximum absolute atomic E-state index is 12.2. The van der Waals surface area contributed by atoms with Crippen molar-refractivity contribution in [3.05, 3.63) is 29.8 Å². The van der Waals surface area contributed by atoms with Gasteiger partial charge in [-0.15, -0.1) is 0 Å². The summed E-state index contributed by atoms with van der Waals surface area (Å²) in [6, 6.07) is 7.49. The van der Waals surface area contributed by atoms with Crippen molar-refractivity contribution in [1.82, 2.24) is 4.90 Å². The van der Waals surface area contributed by atoms with Crippen LogP contribution in [0.25, 0.3) is 0 Å². The monoisotopic (exact) mass is 339 g/mol. The van der Waals surface area contributed by atoms with Gasteiger partial charge in [-0.2, -0.15) is 0 Å². The van der Waals surface area contributed by atoms with Crippen LogP contribution in [0.1, 0.15) is 5.56 Å². The molecule has 2 heterocycles. The van der Waals surface area contributed by atoms with Crippen LogP contribution in [0, 0.1) is 11.8 Å². The van der Waals surface area contributed by atoms with E-state index in [1.54, 1.807) is 12.0 Å². The van der Waals surface area contributed by atoms with Gasteiger partial charge in [-0.3, -0.25) is 4.79 Å². The first-order valence-corrected chi connectivity index (χ1v) is 9.48. The number of amides is 1. The van der Waals surface area contributed by atoms with Gasteiger partial charge in [0.25, 0.3) is 0 Å². The third-order valence-corrected chi connectivity index (χ3v) is 6.39. The molecule has 7 heteroatoms.